The lowest BCUT2D eigenvalue weighted by molar-refractivity contribution is 0.397. The van der Waals surface area contributed by atoms with E-state index in [-0.39, 0.29) is 0 Å². The Kier molecular flexibility index (Phi) is 4.13. The van der Waals surface area contributed by atoms with E-state index in [1.54, 1.807) is 7.11 Å². The van der Waals surface area contributed by atoms with Gasteiger partial charge in [-0.15, -0.1) is 0 Å². The predicted molar refractivity (Wildman–Crippen MR) is 58.5 cm³/mol. The summed E-state index contributed by atoms with van der Waals surface area (Å²) in [6, 6.07) is 3.87. The van der Waals surface area contributed by atoms with Crippen molar-refractivity contribution >= 4 is 6.08 Å². The number of hydrogen-bond acceptors (Lipinski definition) is 3. The van der Waals surface area contributed by atoms with Gasteiger partial charge in [0.15, 0.2) is 0 Å². The van der Waals surface area contributed by atoms with Crippen LogP contribution in [0.25, 0.3) is 6.08 Å². The molecular formula is C11H16N2O. The Hall–Kier alpha value is -1.35. The Morgan fingerprint density at radius 1 is 1.50 bits per heavy atom. The lowest BCUT2D eigenvalue weighted by Crippen LogP contribution is -2.03. The lowest BCUT2D eigenvalue weighted by atomic mass is 10.2. The first kappa shape index (κ1) is 10.7. The van der Waals surface area contributed by atoms with E-state index in [0.29, 0.717) is 5.88 Å². The molecule has 0 aliphatic rings. The summed E-state index contributed by atoms with van der Waals surface area (Å²) >= 11 is 0. The fraction of sp³-hybridized carbons (Fsp3) is 0.364. The Morgan fingerprint density at radius 3 is 2.86 bits per heavy atom. The van der Waals surface area contributed by atoms with Crippen LogP contribution in [-0.2, 0) is 0 Å². The smallest absolute Gasteiger partial charge is 0.213 e. The normalized spacial score (nSPS) is 10.8. The molecule has 1 N–H and O–H groups in total. The van der Waals surface area contributed by atoms with Crippen molar-refractivity contribution in [1.82, 2.24) is 10.3 Å². The zero-order valence-corrected chi connectivity index (χ0v) is 8.87. The second-order valence-electron chi connectivity index (χ2n) is 2.99. The fourth-order valence-electron chi connectivity index (χ4n) is 1.14. The van der Waals surface area contributed by atoms with Gasteiger partial charge in [-0.25, -0.2) is 4.98 Å². The summed E-state index contributed by atoms with van der Waals surface area (Å²) in [6.45, 7) is 2.84. The Morgan fingerprint density at radius 2 is 2.29 bits per heavy atom. The highest BCUT2D eigenvalue weighted by atomic mass is 16.5. The molecule has 76 valence electrons. The van der Waals surface area contributed by atoms with Crippen LogP contribution in [0.15, 0.2) is 18.2 Å². The van der Waals surface area contributed by atoms with Gasteiger partial charge >= 0.3 is 0 Å². The molecule has 3 heteroatoms. The fourth-order valence-corrected chi connectivity index (χ4v) is 1.14. The Bertz CT molecular complexity index is 321. The van der Waals surface area contributed by atoms with Crippen LogP contribution in [0, 0.1) is 6.92 Å². The molecule has 0 radical (unpaired) electrons. The van der Waals surface area contributed by atoms with Crippen LogP contribution < -0.4 is 10.1 Å². The summed E-state index contributed by atoms with van der Waals surface area (Å²) < 4.78 is 5.03. The van der Waals surface area contributed by atoms with Gasteiger partial charge in [0, 0.05) is 18.3 Å². The van der Waals surface area contributed by atoms with Crippen LogP contribution in [-0.4, -0.2) is 25.7 Å². The number of aryl methyl sites for hydroxylation is 1. The highest BCUT2D eigenvalue weighted by Crippen LogP contribution is 2.12. The second-order valence-corrected chi connectivity index (χ2v) is 2.99. The van der Waals surface area contributed by atoms with Gasteiger partial charge in [-0.05, 0) is 25.6 Å². The summed E-state index contributed by atoms with van der Waals surface area (Å²) in [5.74, 6) is 0.660. The number of aromatic nitrogens is 1. The van der Waals surface area contributed by atoms with E-state index in [4.69, 9.17) is 4.74 Å². The number of hydrogen-bond donors (Lipinski definition) is 1. The van der Waals surface area contributed by atoms with Crippen LogP contribution in [0.5, 0.6) is 5.88 Å². The van der Waals surface area contributed by atoms with Gasteiger partial charge in [0.05, 0.1) is 7.11 Å². The van der Waals surface area contributed by atoms with Gasteiger partial charge in [-0.2, -0.15) is 0 Å². The third-order valence-corrected chi connectivity index (χ3v) is 1.93. The molecule has 0 spiro atoms. The number of ether oxygens (including phenoxy) is 1. The van der Waals surface area contributed by atoms with E-state index in [1.165, 1.54) is 0 Å². The number of nitrogens with one attached hydrogen (secondary N) is 1. The Labute approximate surface area is 84.8 Å². The summed E-state index contributed by atoms with van der Waals surface area (Å²) in [5.41, 5.74) is 2.11. The van der Waals surface area contributed by atoms with E-state index in [0.717, 1.165) is 17.8 Å². The van der Waals surface area contributed by atoms with Crippen LogP contribution in [0.2, 0.25) is 0 Å². The number of rotatable bonds is 4. The van der Waals surface area contributed by atoms with E-state index in [1.807, 2.05) is 26.1 Å². The van der Waals surface area contributed by atoms with Crippen LogP contribution in [0.1, 0.15) is 11.3 Å². The molecule has 0 saturated heterocycles. The van der Waals surface area contributed by atoms with E-state index in [9.17, 15) is 0 Å². The standard InChI is InChI=1S/C11H16N2O/c1-9-10(5-4-8-12-2)6-7-11(13-9)14-3/h4-7,12H,8H2,1-3H3. The molecular weight excluding hydrogens is 176 g/mol. The maximum absolute atomic E-state index is 5.03. The molecule has 0 aliphatic heterocycles. The lowest BCUT2D eigenvalue weighted by Gasteiger charge is -2.02. The zero-order chi connectivity index (χ0) is 10.4. The number of methoxy groups -OCH3 is 1. The maximum Gasteiger partial charge on any atom is 0.213 e. The molecule has 1 aromatic rings. The van der Waals surface area contributed by atoms with Crippen LogP contribution >= 0.6 is 0 Å². The predicted octanol–water partition coefficient (Wildman–Crippen LogP) is 1.63. The first-order valence-corrected chi connectivity index (χ1v) is 4.60. The van der Waals surface area contributed by atoms with Crippen LogP contribution in [0.3, 0.4) is 0 Å². The molecule has 0 fully saturated rings. The average molecular weight is 192 g/mol. The van der Waals surface area contributed by atoms with Gasteiger partial charge in [-0.1, -0.05) is 12.2 Å². The SMILES string of the molecule is CNCC=Cc1ccc(OC)nc1C. The van der Waals surface area contributed by atoms with Crippen molar-refractivity contribution in [1.29, 1.82) is 0 Å². The molecule has 0 amide bonds. The van der Waals surface area contributed by atoms with Gasteiger partial charge < -0.3 is 10.1 Å². The molecule has 1 rings (SSSR count). The van der Waals surface area contributed by atoms with E-state index in [2.05, 4.69) is 22.5 Å². The van der Waals surface area contributed by atoms with Crippen molar-refractivity contribution in [2.75, 3.05) is 20.7 Å². The third-order valence-electron chi connectivity index (χ3n) is 1.93. The summed E-state index contributed by atoms with van der Waals surface area (Å²) in [7, 11) is 3.54. The molecule has 0 unspecified atom stereocenters. The van der Waals surface area contributed by atoms with Crippen LogP contribution in [0.4, 0.5) is 0 Å². The number of nitrogens with zero attached hydrogens (tertiary/aromatic N) is 1. The molecule has 0 atom stereocenters. The van der Waals surface area contributed by atoms with Gasteiger partial charge in [0.1, 0.15) is 0 Å². The molecule has 0 saturated carbocycles. The van der Waals surface area contributed by atoms with E-state index >= 15 is 0 Å². The summed E-state index contributed by atoms with van der Waals surface area (Å²) in [6.07, 6.45) is 4.12. The highest BCUT2D eigenvalue weighted by molar-refractivity contribution is 5.52. The monoisotopic (exact) mass is 192 g/mol. The van der Waals surface area contributed by atoms with E-state index < -0.39 is 0 Å². The van der Waals surface area contributed by atoms with Crippen molar-refractivity contribution in [3.63, 3.8) is 0 Å². The third kappa shape index (κ3) is 2.85. The number of pyridine rings is 1. The van der Waals surface area contributed by atoms with Crippen molar-refractivity contribution in [3.8, 4) is 5.88 Å². The minimum atomic E-state index is 0.660. The van der Waals surface area contributed by atoms with Crippen molar-refractivity contribution in [2.24, 2.45) is 0 Å². The number of likely N-dealkylation sites (N-methyl/N-ethyl adjacent to an activating group) is 1. The van der Waals surface area contributed by atoms with Crippen molar-refractivity contribution < 1.29 is 4.74 Å². The second kappa shape index (κ2) is 5.40. The zero-order valence-electron chi connectivity index (χ0n) is 8.87. The maximum atomic E-state index is 5.03. The Balaban J connectivity index is 2.78. The first-order valence-electron chi connectivity index (χ1n) is 4.60. The van der Waals surface area contributed by atoms with Crippen molar-refractivity contribution in [3.05, 3.63) is 29.5 Å². The molecule has 0 aromatic carbocycles. The minimum absolute atomic E-state index is 0.660. The molecule has 3 nitrogen and oxygen atoms in total. The van der Waals surface area contributed by atoms with Crippen molar-refractivity contribution in [2.45, 2.75) is 6.92 Å². The molecule has 14 heavy (non-hydrogen) atoms. The molecule has 0 bridgehead atoms. The van der Waals surface area contributed by atoms with Gasteiger partial charge in [0.2, 0.25) is 5.88 Å². The minimum Gasteiger partial charge on any atom is -0.481 e. The average Bonchev–Trinajstić information content (AvgIpc) is 2.20. The molecule has 1 aromatic heterocycles. The molecule has 0 aliphatic carbocycles. The van der Waals surface area contributed by atoms with Gasteiger partial charge in [0.25, 0.3) is 0 Å². The summed E-state index contributed by atoms with van der Waals surface area (Å²) in [4.78, 5) is 4.28. The molecule has 1 heterocycles. The largest absolute Gasteiger partial charge is 0.481 e. The van der Waals surface area contributed by atoms with Gasteiger partial charge in [-0.3, -0.25) is 0 Å². The highest BCUT2D eigenvalue weighted by Gasteiger charge is 1.97. The topological polar surface area (TPSA) is 34.1 Å². The first-order chi connectivity index (χ1) is 6.77. The quantitative estimate of drug-likeness (QED) is 0.787. The summed E-state index contributed by atoms with van der Waals surface area (Å²) in [5, 5.41) is 3.05.